The molecule has 0 fully saturated rings. The van der Waals surface area contributed by atoms with Crippen molar-refractivity contribution in [3.8, 4) is 5.75 Å². The van der Waals surface area contributed by atoms with Gasteiger partial charge in [-0.25, -0.2) is 4.39 Å². The zero-order chi connectivity index (χ0) is 13.8. The molecule has 0 saturated carbocycles. The maximum absolute atomic E-state index is 13.4. The van der Waals surface area contributed by atoms with Crippen molar-refractivity contribution in [1.82, 2.24) is 4.57 Å². The monoisotopic (exact) mass is 261 g/mol. The first kappa shape index (κ1) is 13.3. The lowest BCUT2D eigenvalue weighted by Gasteiger charge is -2.11. The summed E-state index contributed by atoms with van der Waals surface area (Å²) < 4.78 is 20.8. The van der Waals surface area contributed by atoms with Gasteiger partial charge in [0.25, 0.3) is 0 Å². The van der Waals surface area contributed by atoms with Crippen LogP contribution >= 0.6 is 0 Å². The smallest absolute Gasteiger partial charge is 0.165 e. The van der Waals surface area contributed by atoms with E-state index in [9.17, 15) is 9.18 Å². The second-order valence-electron chi connectivity index (χ2n) is 4.37. The fraction of sp³-hybridized carbons (Fsp3) is 0.267. The van der Waals surface area contributed by atoms with Gasteiger partial charge in [0.2, 0.25) is 0 Å². The number of aromatic nitrogens is 1. The number of hydrogen-bond donors (Lipinski definition) is 0. The third-order valence-electron chi connectivity index (χ3n) is 3.15. The second kappa shape index (κ2) is 5.69. The van der Waals surface area contributed by atoms with Crippen molar-refractivity contribution >= 4 is 6.29 Å². The maximum Gasteiger partial charge on any atom is 0.165 e. The molecule has 0 amide bonds. The predicted molar refractivity (Wildman–Crippen MR) is 71.2 cm³/mol. The Morgan fingerprint density at radius 2 is 2.05 bits per heavy atom. The van der Waals surface area contributed by atoms with Gasteiger partial charge in [0.1, 0.15) is 6.61 Å². The Morgan fingerprint density at radius 1 is 1.32 bits per heavy atom. The highest BCUT2D eigenvalue weighted by Crippen LogP contribution is 2.16. The van der Waals surface area contributed by atoms with E-state index in [1.165, 1.54) is 6.07 Å². The minimum Gasteiger partial charge on any atom is -0.489 e. The number of aryl methyl sites for hydroxylation is 1. The maximum atomic E-state index is 13.4. The molecular formula is C15H16FNO2. The largest absolute Gasteiger partial charge is 0.489 e. The number of para-hydroxylation sites is 1. The first-order chi connectivity index (χ1) is 9.13. The van der Waals surface area contributed by atoms with E-state index in [1.807, 2.05) is 24.5 Å². The summed E-state index contributed by atoms with van der Waals surface area (Å²) in [5, 5.41) is 0. The summed E-state index contributed by atoms with van der Waals surface area (Å²) in [5.41, 5.74) is 2.59. The molecule has 0 bridgehead atoms. The lowest BCUT2D eigenvalue weighted by atomic mass is 10.3. The molecule has 19 heavy (non-hydrogen) atoms. The summed E-state index contributed by atoms with van der Waals surface area (Å²) in [5.74, 6) is -0.113. The average molecular weight is 261 g/mol. The van der Waals surface area contributed by atoms with Gasteiger partial charge in [0, 0.05) is 17.0 Å². The van der Waals surface area contributed by atoms with E-state index in [4.69, 9.17) is 4.74 Å². The van der Waals surface area contributed by atoms with E-state index in [0.717, 1.165) is 17.7 Å². The van der Waals surface area contributed by atoms with Crippen molar-refractivity contribution < 1.29 is 13.9 Å². The Bertz CT molecular complexity index is 590. The number of ether oxygens (including phenoxy) is 1. The fourth-order valence-electron chi connectivity index (χ4n) is 2.10. The molecule has 0 radical (unpaired) electrons. The molecule has 0 spiro atoms. The topological polar surface area (TPSA) is 31.2 Å². The van der Waals surface area contributed by atoms with Crippen molar-refractivity contribution in [1.29, 1.82) is 0 Å². The molecule has 2 aromatic rings. The second-order valence-corrected chi connectivity index (χ2v) is 4.37. The van der Waals surface area contributed by atoms with Crippen molar-refractivity contribution in [2.75, 3.05) is 6.61 Å². The molecule has 0 atom stereocenters. The van der Waals surface area contributed by atoms with Crippen molar-refractivity contribution in [2.24, 2.45) is 0 Å². The third-order valence-corrected chi connectivity index (χ3v) is 3.15. The molecule has 0 unspecified atom stereocenters. The zero-order valence-corrected chi connectivity index (χ0v) is 11.0. The molecule has 0 N–H and O–H groups in total. The Morgan fingerprint density at radius 3 is 2.68 bits per heavy atom. The van der Waals surface area contributed by atoms with Crippen LogP contribution in [-0.2, 0) is 6.54 Å². The number of benzene rings is 1. The molecule has 100 valence electrons. The number of rotatable bonds is 5. The number of carbonyl (C=O) groups is 1. The lowest BCUT2D eigenvalue weighted by Crippen LogP contribution is -2.11. The van der Waals surface area contributed by atoms with Crippen LogP contribution in [0.25, 0.3) is 0 Å². The number of nitrogens with zero attached hydrogens (tertiary/aromatic N) is 1. The molecule has 2 rings (SSSR count). The van der Waals surface area contributed by atoms with Crippen LogP contribution in [0, 0.1) is 19.7 Å². The summed E-state index contributed by atoms with van der Waals surface area (Å²) in [6.07, 6.45) is 0.844. The highest BCUT2D eigenvalue weighted by Gasteiger charge is 2.08. The Balaban J connectivity index is 2.02. The van der Waals surface area contributed by atoms with E-state index < -0.39 is 0 Å². The Labute approximate surface area is 111 Å². The van der Waals surface area contributed by atoms with Gasteiger partial charge < -0.3 is 9.30 Å². The van der Waals surface area contributed by atoms with E-state index >= 15 is 0 Å². The number of carbonyl (C=O) groups excluding carboxylic acids is 1. The van der Waals surface area contributed by atoms with Crippen molar-refractivity contribution in [2.45, 2.75) is 20.4 Å². The minimum absolute atomic E-state index is 0.251. The van der Waals surface area contributed by atoms with Gasteiger partial charge in [-0.05, 0) is 32.0 Å². The minimum atomic E-state index is -0.364. The number of aldehydes is 1. The van der Waals surface area contributed by atoms with Crippen LogP contribution in [0.5, 0.6) is 5.75 Å². The molecular weight excluding hydrogens is 245 g/mol. The van der Waals surface area contributed by atoms with Crippen LogP contribution in [0.2, 0.25) is 0 Å². The van der Waals surface area contributed by atoms with Gasteiger partial charge in [-0.2, -0.15) is 0 Å². The lowest BCUT2D eigenvalue weighted by molar-refractivity contribution is 0.112. The summed E-state index contributed by atoms with van der Waals surface area (Å²) in [6, 6.07) is 8.16. The molecule has 1 aromatic carbocycles. The SMILES string of the molecule is Cc1cc(C=O)c(C)n1CCOc1ccccc1F. The van der Waals surface area contributed by atoms with E-state index in [1.54, 1.807) is 18.2 Å². The summed E-state index contributed by atoms with van der Waals surface area (Å²) in [7, 11) is 0. The van der Waals surface area contributed by atoms with Crippen LogP contribution in [0.3, 0.4) is 0 Å². The van der Waals surface area contributed by atoms with Gasteiger partial charge in [-0.15, -0.1) is 0 Å². The zero-order valence-electron chi connectivity index (χ0n) is 11.0. The normalized spacial score (nSPS) is 10.5. The predicted octanol–water partition coefficient (Wildman–Crippen LogP) is 3.14. The van der Waals surface area contributed by atoms with Crippen LogP contribution < -0.4 is 4.74 Å². The van der Waals surface area contributed by atoms with Crippen LogP contribution in [-0.4, -0.2) is 17.5 Å². The summed E-state index contributed by atoms with van der Waals surface area (Å²) in [4.78, 5) is 10.8. The molecule has 0 aliphatic rings. The van der Waals surface area contributed by atoms with Gasteiger partial charge >= 0.3 is 0 Å². The van der Waals surface area contributed by atoms with E-state index in [2.05, 4.69) is 0 Å². The fourth-order valence-corrected chi connectivity index (χ4v) is 2.10. The molecule has 1 aromatic heterocycles. The van der Waals surface area contributed by atoms with E-state index in [0.29, 0.717) is 18.7 Å². The molecule has 0 aliphatic heterocycles. The highest BCUT2D eigenvalue weighted by atomic mass is 19.1. The van der Waals surface area contributed by atoms with Crippen LogP contribution in [0.4, 0.5) is 4.39 Å². The molecule has 4 heteroatoms. The molecule has 0 aliphatic carbocycles. The number of hydrogen-bond acceptors (Lipinski definition) is 2. The quantitative estimate of drug-likeness (QED) is 0.774. The van der Waals surface area contributed by atoms with Gasteiger partial charge in [-0.1, -0.05) is 12.1 Å². The summed E-state index contributed by atoms with van der Waals surface area (Å²) >= 11 is 0. The first-order valence-corrected chi connectivity index (χ1v) is 6.12. The Hall–Kier alpha value is -2.10. The molecule has 1 heterocycles. The molecule has 3 nitrogen and oxygen atoms in total. The highest BCUT2D eigenvalue weighted by molar-refractivity contribution is 5.77. The average Bonchev–Trinajstić information content (AvgIpc) is 2.68. The van der Waals surface area contributed by atoms with Gasteiger partial charge in [0.05, 0.1) is 6.54 Å². The van der Waals surface area contributed by atoms with E-state index in [-0.39, 0.29) is 11.6 Å². The van der Waals surface area contributed by atoms with Crippen LogP contribution in [0.15, 0.2) is 30.3 Å². The van der Waals surface area contributed by atoms with Crippen LogP contribution in [0.1, 0.15) is 21.7 Å². The van der Waals surface area contributed by atoms with Gasteiger partial charge in [-0.3, -0.25) is 4.79 Å². The summed E-state index contributed by atoms with van der Waals surface area (Å²) in [6.45, 7) is 4.76. The van der Waals surface area contributed by atoms with Gasteiger partial charge in [0.15, 0.2) is 17.9 Å². The molecule has 0 saturated heterocycles. The van der Waals surface area contributed by atoms with Crippen molar-refractivity contribution in [3.63, 3.8) is 0 Å². The van der Waals surface area contributed by atoms with Crippen molar-refractivity contribution in [3.05, 3.63) is 53.1 Å². The Kier molecular flexibility index (Phi) is 4.00. The standard InChI is InChI=1S/C15H16FNO2/c1-11-9-13(10-18)12(2)17(11)7-8-19-15-6-4-3-5-14(15)16/h3-6,9-10H,7-8H2,1-2H3. The third kappa shape index (κ3) is 2.84. The first-order valence-electron chi connectivity index (χ1n) is 6.12. The number of halogens is 1.